The monoisotopic (exact) mass is 435 g/mol. The number of benzene rings is 2. The van der Waals surface area contributed by atoms with Crippen molar-refractivity contribution in [2.45, 2.75) is 57.5 Å². The molecule has 2 aromatic carbocycles. The summed E-state index contributed by atoms with van der Waals surface area (Å²) in [6, 6.07) is 15.9. The van der Waals surface area contributed by atoms with Crippen LogP contribution in [-0.4, -0.2) is 34.4 Å². The van der Waals surface area contributed by atoms with Crippen molar-refractivity contribution in [2.24, 2.45) is 11.7 Å². The van der Waals surface area contributed by atoms with E-state index in [9.17, 15) is 4.79 Å². The molecule has 1 unspecified atom stereocenters. The zero-order valence-corrected chi connectivity index (χ0v) is 18.7. The highest BCUT2D eigenvalue weighted by Gasteiger charge is 2.40. The Morgan fingerprint density at radius 1 is 1.16 bits per heavy atom. The molecule has 162 valence electrons. The van der Waals surface area contributed by atoms with Gasteiger partial charge in [0.05, 0.1) is 10.2 Å². The van der Waals surface area contributed by atoms with Gasteiger partial charge in [0.2, 0.25) is 5.91 Å². The first-order valence-electron chi connectivity index (χ1n) is 11.2. The molecule has 1 aromatic heterocycles. The number of hydrogen-bond donors (Lipinski definition) is 1. The molecule has 3 aromatic rings. The van der Waals surface area contributed by atoms with Crippen LogP contribution in [0.5, 0.6) is 10.9 Å². The highest BCUT2D eigenvalue weighted by Crippen LogP contribution is 2.40. The smallest absolute Gasteiger partial charge is 0.279 e. The molecule has 1 amide bonds. The van der Waals surface area contributed by atoms with E-state index in [-0.39, 0.29) is 5.91 Å². The average molecular weight is 436 g/mol. The van der Waals surface area contributed by atoms with E-state index in [4.69, 9.17) is 10.5 Å². The molecule has 2 fully saturated rings. The summed E-state index contributed by atoms with van der Waals surface area (Å²) in [5.74, 6) is 1.15. The lowest BCUT2D eigenvalue weighted by molar-refractivity contribution is -0.119. The number of primary amides is 1. The predicted molar refractivity (Wildman–Crippen MR) is 125 cm³/mol. The molecule has 5 rings (SSSR count). The number of hydrogen-bond acceptors (Lipinski definition) is 5. The Hall–Kier alpha value is -2.44. The Morgan fingerprint density at radius 3 is 2.61 bits per heavy atom. The molecule has 2 aliphatic heterocycles. The lowest BCUT2D eigenvalue weighted by atomic mass is 9.88. The number of amides is 1. The molecular weight excluding hydrogens is 406 g/mol. The van der Waals surface area contributed by atoms with Gasteiger partial charge in [0.25, 0.3) is 5.19 Å². The standard InChI is InChI=1S/C25H29N3O2S/c1-16-2-9-22-23(12-16)31-25(27-22)30-21-7-3-17(4-8-21)10-11-28-19-5-6-20(28)14-18(13-19)15-24(26)29/h2-4,7-9,12,18-20H,5-6,10-11,13-15H2,1H3,(H2,26,29)/t18?,19-,20+. The third kappa shape index (κ3) is 4.60. The summed E-state index contributed by atoms with van der Waals surface area (Å²) >= 11 is 1.58. The Morgan fingerprint density at radius 2 is 1.90 bits per heavy atom. The third-order valence-corrected chi connectivity index (χ3v) is 7.68. The maximum Gasteiger partial charge on any atom is 0.279 e. The van der Waals surface area contributed by atoms with Crippen LogP contribution in [0.4, 0.5) is 0 Å². The van der Waals surface area contributed by atoms with Gasteiger partial charge in [-0.2, -0.15) is 0 Å². The fourth-order valence-corrected chi connectivity index (χ4v) is 6.27. The summed E-state index contributed by atoms with van der Waals surface area (Å²) in [5.41, 5.74) is 8.97. The van der Waals surface area contributed by atoms with Crippen molar-refractivity contribution in [3.63, 3.8) is 0 Å². The number of nitrogens with zero attached hydrogens (tertiary/aromatic N) is 2. The zero-order valence-electron chi connectivity index (χ0n) is 17.9. The number of aryl methyl sites for hydroxylation is 1. The summed E-state index contributed by atoms with van der Waals surface area (Å²) in [7, 11) is 0. The second-order valence-electron chi connectivity index (χ2n) is 9.08. The normalized spacial score (nSPS) is 23.3. The minimum Gasteiger partial charge on any atom is -0.431 e. The van der Waals surface area contributed by atoms with Crippen LogP contribution in [-0.2, 0) is 11.2 Å². The van der Waals surface area contributed by atoms with E-state index < -0.39 is 0 Å². The molecule has 0 radical (unpaired) electrons. The molecule has 2 saturated heterocycles. The second kappa shape index (κ2) is 8.60. The fraction of sp³-hybridized carbons (Fsp3) is 0.440. The van der Waals surface area contributed by atoms with Crippen LogP contribution in [0.2, 0.25) is 0 Å². The largest absolute Gasteiger partial charge is 0.431 e. The summed E-state index contributed by atoms with van der Waals surface area (Å²) in [6.45, 7) is 3.17. The van der Waals surface area contributed by atoms with Crippen LogP contribution in [0.15, 0.2) is 42.5 Å². The molecule has 2 aliphatic rings. The van der Waals surface area contributed by atoms with Gasteiger partial charge >= 0.3 is 0 Å². The van der Waals surface area contributed by atoms with Gasteiger partial charge in [-0.05, 0) is 80.3 Å². The molecule has 3 heterocycles. The van der Waals surface area contributed by atoms with E-state index >= 15 is 0 Å². The number of thiazole rings is 1. The number of piperidine rings is 1. The lowest BCUT2D eigenvalue weighted by Crippen LogP contribution is -2.44. The molecule has 3 atom stereocenters. The van der Waals surface area contributed by atoms with Gasteiger partial charge in [0.1, 0.15) is 5.75 Å². The Kier molecular flexibility index (Phi) is 5.67. The lowest BCUT2D eigenvalue weighted by Gasteiger charge is -2.38. The highest BCUT2D eigenvalue weighted by atomic mass is 32.1. The van der Waals surface area contributed by atoms with Crippen molar-refractivity contribution in [2.75, 3.05) is 6.54 Å². The number of aromatic nitrogens is 1. The van der Waals surface area contributed by atoms with Crippen LogP contribution in [0.1, 0.15) is 43.2 Å². The van der Waals surface area contributed by atoms with Crippen molar-refractivity contribution in [3.8, 4) is 10.9 Å². The van der Waals surface area contributed by atoms with Gasteiger partial charge in [-0.15, -0.1) is 0 Å². The van der Waals surface area contributed by atoms with Gasteiger partial charge in [0.15, 0.2) is 0 Å². The molecule has 2 bridgehead atoms. The first kappa shape index (κ1) is 20.5. The summed E-state index contributed by atoms with van der Waals surface area (Å²) in [5, 5.41) is 0.684. The maximum atomic E-state index is 11.3. The van der Waals surface area contributed by atoms with Crippen LogP contribution in [0, 0.1) is 12.8 Å². The van der Waals surface area contributed by atoms with Crippen molar-refractivity contribution in [3.05, 3.63) is 53.6 Å². The average Bonchev–Trinajstić information content (AvgIpc) is 3.23. The first-order valence-corrected chi connectivity index (χ1v) is 12.0. The molecule has 0 spiro atoms. The summed E-state index contributed by atoms with van der Waals surface area (Å²) in [6.07, 6.45) is 6.34. The van der Waals surface area contributed by atoms with E-state index in [0.717, 1.165) is 41.8 Å². The topological polar surface area (TPSA) is 68.4 Å². The van der Waals surface area contributed by atoms with Crippen molar-refractivity contribution in [1.29, 1.82) is 0 Å². The number of carbonyl (C=O) groups excluding carboxylic acids is 1. The SMILES string of the molecule is Cc1ccc2nc(Oc3ccc(CCN4[C@@H]5CC[C@H]4CC(CC(N)=O)C5)cc3)sc2c1. The minimum absolute atomic E-state index is 0.152. The van der Waals surface area contributed by atoms with E-state index in [1.54, 1.807) is 11.3 Å². The summed E-state index contributed by atoms with van der Waals surface area (Å²) in [4.78, 5) is 18.5. The van der Waals surface area contributed by atoms with E-state index in [0.29, 0.717) is 29.6 Å². The molecule has 2 N–H and O–H groups in total. The Balaban J connectivity index is 1.17. The minimum atomic E-state index is -0.152. The molecule has 0 aliphatic carbocycles. The molecule has 6 heteroatoms. The quantitative estimate of drug-likeness (QED) is 0.563. The molecular formula is C25H29N3O2S. The van der Waals surface area contributed by atoms with Crippen LogP contribution >= 0.6 is 11.3 Å². The van der Waals surface area contributed by atoms with Gasteiger partial charge in [-0.25, -0.2) is 4.98 Å². The second-order valence-corrected chi connectivity index (χ2v) is 10.1. The Bertz CT molecular complexity index is 1060. The number of rotatable bonds is 7. The van der Waals surface area contributed by atoms with Gasteiger partial charge in [-0.3, -0.25) is 9.69 Å². The summed E-state index contributed by atoms with van der Waals surface area (Å²) < 4.78 is 7.15. The van der Waals surface area contributed by atoms with Gasteiger partial charge in [-0.1, -0.05) is 29.5 Å². The molecule has 0 saturated carbocycles. The molecule has 31 heavy (non-hydrogen) atoms. The van der Waals surface area contributed by atoms with E-state index in [2.05, 4.69) is 41.1 Å². The molecule has 5 nitrogen and oxygen atoms in total. The van der Waals surface area contributed by atoms with E-state index in [1.807, 2.05) is 18.2 Å². The highest BCUT2D eigenvalue weighted by molar-refractivity contribution is 7.20. The van der Waals surface area contributed by atoms with Crippen molar-refractivity contribution >= 4 is 27.5 Å². The van der Waals surface area contributed by atoms with Gasteiger partial charge in [0, 0.05) is 25.0 Å². The van der Waals surface area contributed by atoms with Crippen molar-refractivity contribution < 1.29 is 9.53 Å². The van der Waals surface area contributed by atoms with Gasteiger partial charge < -0.3 is 10.5 Å². The number of carbonyl (C=O) groups is 1. The van der Waals surface area contributed by atoms with Crippen LogP contribution in [0.25, 0.3) is 10.2 Å². The van der Waals surface area contributed by atoms with E-state index in [1.165, 1.54) is 24.0 Å². The van der Waals surface area contributed by atoms with Crippen molar-refractivity contribution in [1.82, 2.24) is 9.88 Å². The van der Waals surface area contributed by atoms with Crippen LogP contribution < -0.4 is 10.5 Å². The Labute approximate surface area is 187 Å². The first-order chi connectivity index (χ1) is 15.0. The third-order valence-electron chi connectivity index (χ3n) is 6.78. The number of nitrogens with two attached hydrogens (primary N) is 1. The number of fused-ring (bicyclic) bond motifs is 3. The van der Waals surface area contributed by atoms with Crippen LogP contribution in [0.3, 0.4) is 0 Å². The maximum absolute atomic E-state index is 11.3. The number of ether oxygens (including phenoxy) is 1. The fourth-order valence-electron chi connectivity index (χ4n) is 5.34. The predicted octanol–water partition coefficient (Wildman–Crippen LogP) is 5.06. The zero-order chi connectivity index (χ0) is 21.4.